The van der Waals surface area contributed by atoms with Gasteiger partial charge in [-0.2, -0.15) is 0 Å². The Hall–Kier alpha value is -2.66. The third-order valence-corrected chi connectivity index (χ3v) is 4.02. The average molecular weight is 324 g/mol. The van der Waals surface area contributed by atoms with E-state index < -0.39 is 11.7 Å². The molecule has 0 aliphatic carbocycles. The van der Waals surface area contributed by atoms with Crippen molar-refractivity contribution in [2.75, 3.05) is 36.5 Å². The van der Waals surface area contributed by atoms with E-state index in [4.69, 9.17) is 4.74 Å². The van der Waals surface area contributed by atoms with Crippen LogP contribution in [0.2, 0.25) is 0 Å². The van der Waals surface area contributed by atoms with Crippen molar-refractivity contribution in [1.29, 1.82) is 0 Å². The molecule has 0 atom stereocenters. The molecule has 2 aromatic rings. The summed E-state index contributed by atoms with van der Waals surface area (Å²) >= 11 is 0. The molecule has 1 fully saturated rings. The maximum absolute atomic E-state index is 12.1. The first-order valence-corrected chi connectivity index (χ1v) is 7.98. The molecule has 2 aromatic carbocycles. The minimum absolute atomic E-state index is 0.392. The SMILES string of the molecule is Cc1ccc(C(=O)C(=O)Nc2ccc(N3CCOCC3)cc2)cc1. The topological polar surface area (TPSA) is 58.6 Å². The smallest absolute Gasteiger partial charge is 0.296 e. The Morgan fingerprint density at radius 3 is 2.21 bits per heavy atom. The number of carbonyl (C=O) groups excluding carboxylic acids is 2. The van der Waals surface area contributed by atoms with E-state index in [1.807, 2.05) is 43.3 Å². The predicted octanol–water partition coefficient (Wildman–Crippen LogP) is 2.65. The van der Waals surface area contributed by atoms with Gasteiger partial charge in [-0.15, -0.1) is 0 Å². The Morgan fingerprint density at radius 1 is 0.958 bits per heavy atom. The molecule has 124 valence electrons. The molecule has 1 amide bonds. The van der Waals surface area contributed by atoms with Gasteiger partial charge in [-0.3, -0.25) is 9.59 Å². The highest BCUT2D eigenvalue weighted by Gasteiger charge is 2.16. The lowest BCUT2D eigenvalue weighted by atomic mass is 10.1. The summed E-state index contributed by atoms with van der Waals surface area (Å²) in [5.74, 6) is -1.16. The van der Waals surface area contributed by atoms with Crippen LogP contribution >= 0.6 is 0 Å². The maximum atomic E-state index is 12.1. The van der Waals surface area contributed by atoms with Crippen LogP contribution in [0.4, 0.5) is 11.4 Å². The number of ketones is 1. The van der Waals surface area contributed by atoms with Gasteiger partial charge in [0.15, 0.2) is 0 Å². The number of amides is 1. The lowest BCUT2D eigenvalue weighted by molar-refractivity contribution is -0.112. The predicted molar refractivity (Wildman–Crippen MR) is 93.6 cm³/mol. The van der Waals surface area contributed by atoms with E-state index in [1.165, 1.54) is 0 Å². The monoisotopic (exact) mass is 324 g/mol. The third-order valence-electron chi connectivity index (χ3n) is 4.02. The highest BCUT2D eigenvalue weighted by molar-refractivity contribution is 6.46. The lowest BCUT2D eigenvalue weighted by Gasteiger charge is -2.28. The van der Waals surface area contributed by atoms with Gasteiger partial charge in [0.05, 0.1) is 13.2 Å². The van der Waals surface area contributed by atoms with Crippen molar-refractivity contribution in [2.24, 2.45) is 0 Å². The number of ether oxygens (including phenoxy) is 1. The first-order chi connectivity index (χ1) is 11.6. The number of nitrogens with zero attached hydrogens (tertiary/aromatic N) is 1. The summed E-state index contributed by atoms with van der Waals surface area (Å²) in [6, 6.07) is 14.5. The summed E-state index contributed by atoms with van der Waals surface area (Å²) in [5.41, 5.74) is 3.13. The molecule has 0 unspecified atom stereocenters. The van der Waals surface area contributed by atoms with Crippen LogP contribution in [0.25, 0.3) is 0 Å². The molecule has 5 nitrogen and oxygen atoms in total. The molecule has 1 aliphatic rings. The third kappa shape index (κ3) is 3.81. The van der Waals surface area contributed by atoms with Crippen molar-refractivity contribution >= 4 is 23.1 Å². The molecule has 24 heavy (non-hydrogen) atoms. The van der Waals surface area contributed by atoms with Crippen LogP contribution in [-0.2, 0) is 9.53 Å². The molecule has 0 saturated carbocycles. The number of hydrogen-bond donors (Lipinski definition) is 1. The van der Waals surface area contributed by atoms with Gasteiger partial charge in [0.1, 0.15) is 0 Å². The summed E-state index contributed by atoms with van der Waals surface area (Å²) in [7, 11) is 0. The quantitative estimate of drug-likeness (QED) is 0.694. The molecule has 5 heteroatoms. The Bertz CT molecular complexity index is 717. The van der Waals surface area contributed by atoms with Gasteiger partial charge in [0, 0.05) is 30.0 Å². The second kappa shape index (κ2) is 7.27. The van der Waals surface area contributed by atoms with E-state index in [0.717, 1.165) is 37.6 Å². The minimum Gasteiger partial charge on any atom is -0.378 e. The van der Waals surface area contributed by atoms with Crippen molar-refractivity contribution in [3.63, 3.8) is 0 Å². The number of morpholine rings is 1. The van der Waals surface area contributed by atoms with E-state index >= 15 is 0 Å². The van der Waals surface area contributed by atoms with Crippen LogP contribution in [-0.4, -0.2) is 38.0 Å². The number of anilines is 2. The summed E-state index contributed by atoms with van der Waals surface area (Å²) < 4.78 is 5.34. The number of nitrogens with one attached hydrogen (secondary N) is 1. The highest BCUT2D eigenvalue weighted by Crippen LogP contribution is 2.19. The van der Waals surface area contributed by atoms with Crippen molar-refractivity contribution in [2.45, 2.75) is 6.92 Å². The van der Waals surface area contributed by atoms with Crippen LogP contribution in [0, 0.1) is 6.92 Å². The van der Waals surface area contributed by atoms with Gasteiger partial charge in [-0.05, 0) is 31.2 Å². The van der Waals surface area contributed by atoms with Crippen molar-refractivity contribution in [3.8, 4) is 0 Å². The molecule has 0 aromatic heterocycles. The van der Waals surface area contributed by atoms with Crippen LogP contribution in [0.3, 0.4) is 0 Å². The zero-order chi connectivity index (χ0) is 16.9. The first kappa shape index (κ1) is 16.2. The van der Waals surface area contributed by atoms with E-state index in [9.17, 15) is 9.59 Å². The highest BCUT2D eigenvalue weighted by atomic mass is 16.5. The van der Waals surface area contributed by atoms with Gasteiger partial charge in [-0.1, -0.05) is 29.8 Å². The normalized spacial score (nSPS) is 14.3. The molecule has 0 spiro atoms. The van der Waals surface area contributed by atoms with Gasteiger partial charge in [0.25, 0.3) is 11.7 Å². The zero-order valence-corrected chi connectivity index (χ0v) is 13.6. The Kier molecular flexibility index (Phi) is 4.91. The van der Waals surface area contributed by atoms with Crippen LogP contribution in [0.1, 0.15) is 15.9 Å². The molecule has 1 N–H and O–H groups in total. The fourth-order valence-electron chi connectivity index (χ4n) is 2.60. The number of benzene rings is 2. The Morgan fingerprint density at radius 2 is 1.58 bits per heavy atom. The van der Waals surface area contributed by atoms with Crippen LogP contribution < -0.4 is 10.2 Å². The molecule has 0 bridgehead atoms. The lowest BCUT2D eigenvalue weighted by Crippen LogP contribution is -2.36. The van der Waals surface area contributed by atoms with Crippen LogP contribution in [0.15, 0.2) is 48.5 Å². The molecule has 3 rings (SSSR count). The second-order valence-corrected chi connectivity index (χ2v) is 5.80. The summed E-state index contributed by atoms with van der Waals surface area (Å²) in [6.45, 7) is 5.10. The van der Waals surface area contributed by atoms with Crippen molar-refractivity contribution < 1.29 is 14.3 Å². The fraction of sp³-hybridized carbons (Fsp3) is 0.263. The number of Topliss-reactive ketones (excluding diaryl/α,β-unsaturated/α-hetero) is 1. The number of aryl methyl sites for hydroxylation is 1. The number of rotatable bonds is 4. The van der Waals surface area contributed by atoms with E-state index in [2.05, 4.69) is 10.2 Å². The van der Waals surface area contributed by atoms with Gasteiger partial charge in [-0.25, -0.2) is 0 Å². The fourth-order valence-corrected chi connectivity index (χ4v) is 2.60. The summed E-state index contributed by atoms with van der Waals surface area (Å²) in [4.78, 5) is 26.5. The Labute approximate surface area is 141 Å². The molecular weight excluding hydrogens is 304 g/mol. The van der Waals surface area contributed by atoms with Gasteiger partial charge >= 0.3 is 0 Å². The van der Waals surface area contributed by atoms with Gasteiger partial charge in [0.2, 0.25) is 0 Å². The van der Waals surface area contributed by atoms with E-state index in [1.54, 1.807) is 12.1 Å². The minimum atomic E-state index is -0.627. The Balaban J connectivity index is 1.63. The summed E-state index contributed by atoms with van der Waals surface area (Å²) in [6.07, 6.45) is 0. The first-order valence-electron chi connectivity index (χ1n) is 7.98. The molecule has 1 aliphatic heterocycles. The van der Waals surface area contributed by atoms with Crippen molar-refractivity contribution in [1.82, 2.24) is 0 Å². The zero-order valence-electron chi connectivity index (χ0n) is 13.6. The molecule has 1 saturated heterocycles. The standard InChI is InChI=1S/C19H20N2O3/c1-14-2-4-15(5-3-14)18(22)19(23)20-16-6-8-17(9-7-16)21-10-12-24-13-11-21/h2-9H,10-13H2,1H3,(H,20,23). The number of carbonyl (C=O) groups is 2. The largest absolute Gasteiger partial charge is 0.378 e. The molecule has 0 radical (unpaired) electrons. The van der Waals surface area contributed by atoms with Gasteiger partial charge < -0.3 is 15.0 Å². The molecule has 1 heterocycles. The van der Waals surface area contributed by atoms with Crippen molar-refractivity contribution in [3.05, 3.63) is 59.7 Å². The maximum Gasteiger partial charge on any atom is 0.296 e. The van der Waals surface area contributed by atoms with Crippen LogP contribution in [0.5, 0.6) is 0 Å². The van der Waals surface area contributed by atoms with E-state index in [0.29, 0.717) is 11.3 Å². The molecular formula is C19H20N2O3. The van der Waals surface area contributed by atoms with E-state index in [-0.39, 0.29) is 0 Å². The second-order valence-electron chi connectivity index (χ2n) is 5.80. The average Bonchev–Trinajstić information content (AvgIpc) is 2.63. The number of hydrogen-bond acceptors (Lipinski definition) is 4. The summed E-state index contributed by atoms with van der Waals surface area (Å²) in [5, 5.41) is 2.65.